The molecule has 1 N–H and O–H groups in total. The van der Waals surface area contributed by atoms with Crippen LogP contribution < -0.4 is 5.32 Å². The van der Waals surface area contributed by atoms with E-state index >= 15 is 0 Å². The molecule has 1 amide bonds. The number of nitrogens with zero attached hydrogens (tertiary/aromatic N) is 1. The lowest BCUT2D eigenvalue weighted by Gasteiger charge is -2.33. The van der Waals surface area contributed by atoms with Gasteiger partial charge in [-0.3, -0.25) is 4.79 Å². The average Bonchev–Trinajstić information content (AvgIpc) is 2.80. The zero-order valence-corrected chi connectivity index (χ0v) is 13.1. The van der Waals surface area contributed by atoms with Gasteiger partial charge < -0.3 is 10.2 Å². The fourth-order valence-electron chi connectivity index (χ4n) is 3.12. The number of piperidine rings is 1. The third-order valence-corrected chi connectivity index (χ3v) is 6.08. The summed E-state index contributed by atoms with van der Waals surface area (Å²) in [6.45, 7) is 4.51. The predicted molar refractivity (Wildman–Crippen MR) is 79.3 cm³/mol. The van der Waals surface area contributed by atoms with Crippen molar-refractivity contribution in [2.24, 2.45) is 5.92 Å². The molecule has 2 heterocycles. The number of amides is 1. The van der Waals surface area contributed by atoms with Crippen molar-refractivity contribution in [2.75, 3.05) is 31.1 Å². The molecule has 2 saturated heterocycles. The van der Waals surface area contributed by atoms with Gasteiger partial charge in [0, 0.05) is 19.1 Å². The number of hydrogen-bond acceptors (Lipinski definition) is 4. The molecule has 0 aromatic rings. The number of nitrogens with one attached hydrogen (secondary N) is 1. The van der Waals surface area contributed by atoms with Crippen LogP contribution in [0, 0.1) is 5.92 Å². The van der Waals surface area contributed by atoms with Crippen LogP contribution in [-0.2, 0) is 14.6 Å². The quantitative estimate of drug-likeness (QED) is 0.816. The number of sulfone groups is 1. The molecule has 116 valence electrons. The van der Waals surface area contributed by atoms with Crippen molar-refractivity contribution < 1.29 is 13.2 Å². The van der Waals surface area contributed by atoms with Crippen molar-refractivity contribution in [3.63, 3.8) is 0 Å². The molecule has 0 spiro atoms. The van der Waals surface area contributed by atoms with E-state index in [9.17, 15) is 13.2 Å². The molecule has 0 radical (unpaired) electrons. The van der Waals surface area contributed by atoms with E-state index in [1.807, 2.05) is 4.90 Å². The molecule has 0 aromatic carbocycles. The standard InChI is InChI=1S/C14H26N2O3S/c1-2-3-8-16(13-6-9-20(18,19)11-13)14(17)12-5-4-7-15-10-12/h12-13,15H,2-11H2,1H3. The molecule has 2 aliphatic rings. The molecule has 0 bridgehead atoms. The highest BCUT2D eigenvalue weighted by atomic mass is 32.2. The summed E-state index contributed by atoms with van der Waals surface area (Å²) in [6, 6.07) is -0.0963. The van der Waals surface area contributed by atoms with Crippen molar-refractivity contribution in [3.05, 3.63) is 0 Å². The van der Waals surface area contributed by atoms with E-state index in [-0.39, 0.29) is 29.4 Å². The first-order valence-corrected chi connectivity index (χ1v) is 9.57. The molecule has 20 heavy (non-hydrogen) atoms. The van der Waals surface area contributed by atoms with Gasteiger partial charge in [0.1, 0.15) is 0 Å². The van der Waals surface area contributed by atoms with Gasteiger partial charge in [-0.25, -0.2) is 8.42 Å². The molecule has 0 saturated carbocycles. The van der Waals surface area contributed by atoms with Crippen molar-refractivity contribution in [3.8, 4) is 0 Å². The van der Waals surface area contributed by atoms with Crippen LogP contribution in [0.5, 0.6) is 0 Å². The minimum absolute atomic E-state index is 0.0314. The van der Waals surface area contributed by atoms with Crippen LogP contribution >= 0.6 is 0 Å². The Labute approximate surface area is 122 Å². The van der Waals surface area contributed by atoms with E-state index in [2.05, 4.69) is 12.2 Å². The zero-order chi connectivity index (χ0) is 14.6. The number of carbonyl (C=O) groups excluding carboxylic acids is 1. The largest absolute Gasteiger partial charge is 0.338 e. The fraction of sp³-hybridized carbons (Fsp3) is 0.929. The Morgan fingerprint density at radius 2 is 2.15 bits per heavy atom. The second kappa shape index (κ2) is 6.89. The molecule has 0 aromatic heterocycles. The van der Waals surface area contributed by atoms with Gasteiger partial charge in [0.25, 0.3) is 0 Å². The molecule has 2 atom stereocenters. The van der Waals surface area contributed by atoms with Crippen molar-refractivity contribution in [2.45, 2.75) is 45.1 Å². The molecule has 6 heteroatoms. The molecular weight excluding hydrogens is 276 g/mol. The summed E-state index contributed by atoms with van der Waals surface area (Å²) in [7, 11) is -2.94. The summed E-state index contributed by atoms with van der Waals surface area (Å²) < 4.78 is 23.3. The maximum atomic E-state index is 12.7. The summed E-state index contributed by atoms with van der Waals surface area (Å²) in [6.07, 6.45) is 4.53. The van der Waals surface area contributed by atoms with Gasteiger partial charge in [0.2, 0.25) is 5.91 Å². The molecule has 2 rings (SSSR count). The third-order valence-electron chi connectivity index (χ3n) is 4.33. The average molecular weight is 302 g/mol. The van der Waals surface area contributed by atoms with Crippen LogP contribution in [0.25, 0.3) is 0 Å². The third kappa shape index (κ3) is 3.95. The van der Waals surface area contributed by atoms with Gasteiger partial charge in [0.15, 0.2) is 9.84 Å². The van der Waals surface area contributed by atoms with E-state index in [4.69, 9.17) is 0 Å². The van der Waals surface area contributed by atoms with Gasteiger partial charge in [-0.1, -0.05) is 13.3 Å². The lowest BCUT2D eigenvalue weighted by atomic mass is 9.97. The van der Waals surface area contributed by atoms with Crippen LogP contribution in [0.15, 0.2) is 0 Å². The fourth-order valence-corrected chi connectivity index (χ4v) is 4.85. The number of hydrogen-bond donors (Lipinski definition) is 1. The van der Waals surface area contributed by atoms with E-state index in [1.54, 1.807) is 0 Å². The smallest absolute Gasteiger partial charge is 0.227 e. The minimum atomic E-state index is -2.94. The monoisotopic (exact) mass is 302 g/mol. The van der Waals surface area contributed by atoms with Gasteiger partial charge in [-0.05, 0) is 32.2 Å². The maximum Gasteiger partial charge on any atom is 0.227 e. The molecule has 2 unspecified atom stereocenters. The topological polar surface area (TPSA) is 66.5 Å². The summed E-state index contributed by atoms with van der Waals surface area (Å²) in [4.78, 5) is 14.6. The lowest BCUT2D eigenvalue weighted by molar-refractivity contribution is -0.138. The van der Waals surface area contributed by atoms with Gasteiger partial charge in [-0.15, -0.1) is 0 Å². The lowest BCUT2D eigenvalue weighted by Crippen LogP contribution is -2.48. The first-order chi connectivity index (χ1) is 9.53. The Morgan fingerprint density at radius 3 is 2.70 bits per heavy atom. The van der Waals surface area contributed by atoms with Gasteiger partial charge >= 0.3 is 0 Å². The Morgan fingerprint density at radius 1 is 1.35 bits per heavy atom. The van der Waals surface area contributed by atoms with Crippen molar-refractivity contribution in [1.29, 1.82) is 0 Å². The first kappa shape index (κ1) is 15.8. The van der Waals surface area contributed by atoms with Crippen LogP contribution in [0.1, 0.15) is 39.0 Å². The van der Waals surface area contributed by atoms with Crippen LogP contribution in [0.2, 0.25) is 0 Å². The summed E-state index contributed by atoms with van der Waals surface area (Å²) in [5.74, 6) is 0.579. The SMILES string of the molecule is CCCCN(C(=O)C1CCCNC1)C1CCS(=O)(=O)C1. The Kier molecular flexibility index (Phi) is 5.43. The second-order valence-electron chi connectivity index (χ2n) is 5.99. The normalized spacial score (nSPS) is 29.2. The molecule has 2 aliphatic heterocycles. The highest BCUT2D eigenvalue weighted by molar-refractivity contribution is 7.91. The van der Waals surface area contributed by atoms with Crippen LogP contribution in [0.3, 0.4) is 0 Å². The van der Waals surface area contributed by atoms with Crippen LogP contribution in [-0.4, -0.2) is 56.4 Å². The first-order valence-electron chi connectivity index (χ1n) is 7.75. The second-order valence-corrected chi connectivity index (χ2v) is 8.21. The molecule has 0 aliphatic carbocycles. The van der Waals surface area contributed by atoms with Crippen LogP contribution in [0.4, 0.5) is 0 Å². The summed E-state index contributed by atoms with van der Waals surface area (Å²) >= 11 is 0. The van der Waals surface area contributed by atoms with E-state index < -0.39 is 9.84 Å². The van der Waals surface area contributed by atoms with Crippen molar-refractivity contribution in [1.82, 2.24) is 10.2 Å². The van der Waals surface area contributed by atoms with E-state index in [0.717, 1.165) is 38.8 Å². The zero-order valence-electron chi connectivity index (χ0n) is 12.3. The minimum Gasteiger partial charge on any atom is -0.338 e. The van der Waals surface area contributed by atoms with Crippen molar-refractivity contribution >= 4 is 15.7 Å². The molecular formula is C14H26N2O3S. The van der Waals surface area contributed by atoms with Gasteiger partial charge in [0.05, 0.1) is 17.4 Å². The predicted octanol–water partition coefficient (Wildman–Crippen LogP) is 0.802. The summed E-state index contributed by atoms with van der Waals surface area (Å²) in [5.41, 5.74) is 0. The number of carbonyl (C=O) groups is 1. The van der Waals surface area contributed by atoms with Gasteiger partial charge in [-0.2, -0.15) is 0 Å². The van der Waals surface area contributed by atoms with E-state index in [0.29, 0.717) is 13.0 Å². The van der Waals surface area contributed by atoms with E-state index in [1.165, 1.54) is 0 Å². The highest BCUT2D eigenvalue weighted by Crippen LogP contribution is 2.22. The maximum absolute atomic E-state index is 12.7. The molecule has 5 nitrogen and oxygen atoms in total. The Hall–Kier alpha value is -0.620. The molecule has 2 fully saturated rings. The number of rotatable bonds is 5. The Balaban J connectivity index is 2.04. The number of unbranched alkanes of at least 4 members (excludes halogenated alkanes) is 1. The Bertz CT molecular complexity index is 430. The summed E-state index contributed by atoms with van der Waals surface area (Å²) in [5, 5.41) is 3.27. The highest BCUT2D eigenvalue weighted by Gasteiger charge is 2.36.